The highest BCUT2D eigenvalue weighted by Gasteiger charge is 2.09. The van der Waals surface area contributed by atoms with Crippen LogP contribution >= 0.6 is 0 Å². The summed E-state index contributed by atoms with van der Waals surface area (Å²) in [6.45, 7) is 4.70. The molecule has 2 N–H and O–H groups in total. The SMILES string of the molecule is CCCCOc1ccc(C=NNC(=O)CC(=O)Nc2ccccc2C)cc1. The third-order valence-corrected chi connectivity index (χ3v) is 3.79. The number of amides is 2. The molecule has 0 aromatic heterocycles. The van der Waals surface area contributed by atoms with Crippen molar-refractivity contribution in [1.29, 1.82) is 0 Å². The maximum atomic E-state index is 11.9. The van der Waals surface area contributed by atoms with Crippen molar-refractivity contribution in [3.8, 4) is 5.75 Å². The van der Waals surface area contributed by atoms with Crippen LogP contribution in [0.15, 0.2) is 53.6 Å². The molecule has 0 atom stereocenters. The molecule has 0 saturated carbocycles. The van der Waals surface area contributed by atoms with E-state index in [0.717, 1.165) is 29.7 Å². The van der Waals surface area contributed by atoms with Gasteiger partial charge in [-0.3, -0.25) is 9.59 Å². The minimum Gasteiger partial charge on any atom is -0.494 e. The first-order valence-corrected chi connectivity index (χ1v) is 8.98. The van der Waals surface area contributed by atoms with Gasteiger partial charge in [0.25, 0.3) is 0 Å². The van der Waals surface area contributed by atoms with Gasteiger partial charge in [0.1, 0.15) is 12.2 Å². The van der Waals surface area contributed by atoms with Gasteiger partial charge >= 0.3 is 0 Å². The summed E-state index contributed by atoms with van der Waals surface area (Å²) in [6.07, 6.45) is 3.34. The van der Waals surface area contributed by atoms with Crippen molar-refractivity contribution in [2.24, 2.45) is 5.10 Å². The largest absolute Gasteiger partial charge is 0.494 e. The summed E-state index contributed by atoms with van der Waals surface area (Å²) in [5.41, 5.74) is 4.81. The third kappa shape index (κ3) is 7.32. The van der Waals surface area contributed by atoms with Crippen molar-refractivity contribution in [2.75, 3.05) is 11.9 Å². The van der Waals surface area contributed by atoms with Crippen LogP contribution in [0.4, 0.5) is 5.69 Å². The molecule has 0 aliphatic heterocycles. The Morgan fingerprint density at radius 1 is 1.07 bits per heavy atom. The Kier molecular flexibility index (Phi) is 8.03. The van der Waals surface area contributed by atoms with Crippen LogP contribution in [0.25, 0.3) is 0 Å². The van der Waals surface area contributed by atoms with Gasteiger partial charge in [-0.2, -0.15) is 5.10 Å². The van der Waals surface area contributed by atoms with E-state index in [-0.39, 0.29) is 12.3 Å². The minimum atomic E-state index is -0.475. The van der Waals surface area contributed by atoms with E-state index < -0.39 is 5.91 Å². The normalized spacial score (nSPS) is 10.6. The zero-order valence-electron chi connectivity index (χ0n) is 15.7. The lowest BCUT2D eigenvalue weighted by Gasteiger charge is -2.07. The maximum Gasteiger partial charge on any atom is 0.249 e. The Hall–Kier alpha value is -3.15. The Labute approximate surface area is 159 Å². The molecule has 2 rings (SSSR count). The standard InChI is InChI=1S/C21H25N3O3/c1-3-4-13-27-18-11-9-17(10-12-18)15-22-24-21(26)14-20(25)23-19-8-6-5-7-16(19)2/h5-12,15H,3-4,13-14H2,1-2H3,(H,23,25)(H,24,26). The molecule has 0 saturated heterocycles. The molecule has 0 spiro atoms. The molecule has 0 radical (unpaired) electrons. The van der Waals surface area contributed by atoms with E-state index >= 15 is 0 Å². The van der Waals surface area contributed by atoms with Crippen LogP contribution in [0.2, 0.25) is 0 Å². The number of nitrogens with one attached hydrogen (secondary N) is 2. The predicted octanol–water partition coefficient (Wildman–Crippen LogP) is 3.65. The molecule has 0 aliphatic rings. The molecule has 2 aromatic rings. The van der Waals surface area contributed by atoms with Crippen molar-refractivity contribution >= 4 is 23.7 Å². The summed E-state index contributed by atoms with van der Waals surface area (Å²) in [7, 11) is 0. The van der Waals surface area contributed by atoms with Gasteiger partial charge in [0.15, 0.2) is 0 Å². The molecule has 142 valence electrons. The van der Waals surface area contributed by atoms with Crippen LogP contribution in [0.5, 0.6) is 5.75 Å². The second kappa shape index (κ2) is 10.8. The summed E-state index contributed by atoms with van der Waals surface area (Å²) in [4.78, 5) is 23.7. The van der Waals surface area contributed by atoms with E-state index in [0.29, 0.717) is 12.3 Å². The zero-order chi connectivity index (χ0) is 19.5. The van der Waals surface area contributed by atoms with E-state index in [4.69, 9.17) is 4.74 Å². The molecule has 0 unspecified atom stereocenters. The molecule has 0 aliphatic carbocycles. The van der Waals surface area contributed by atoms with Gasteiger partial charge < -0.3 is 10.1 Å². The first-order chi connectivity index (χ1) is 13.1. The van der Waals surface area contributed by atoms with Crippen LogP contribution < -0.4 is 15.5 Å². The van der Waals surface area contributed by atoms with Crippen molar-refractivity contribution in [1.82, 2.24) is 5.43 Å². The third-order valence-electron chi connectivity index (χ3n) is 3.79. The second-order valence-corrected chi connectivity index (χ2v) is 6.10. The Morgan fingerprint density at radius 3 is 2.52 bits per heavy atom. The fourth-order valence-electron chi connectivity index (χ4n) is 2.26. The quantitative estimate of drug-likeness (QED) is 0.307. The van der Waals surface area contributed by atoms with Crippen molar-refractivity contribution < 1.29 is 14.3 Å². The van der Waals surface area contributed by atoms with Crippen molar-refractivity contribution in [3.05, 3.63) is 59.7 Å². The summed E-state index contributed by atoms with van der Waals surface area (Å²) >= 11 is 0. The van der Waals surface area contributed by atoms with Gasteiger partial charge in [0.05, 0.1) is 12.8 Å². The average Bonchev–Trinajstić information content (AvgIpc) is 2.65. The van der Waals surface area contributed by atoms with Crippen molar-refractivity contribution in [2.45, 2.75) is 33.1 Å². The number of carbonyl (C=O) groups excluding carboxylic acids is 2. The number of hydrazone groups is 1. The fraction of sp³-hybridized carbons (Fsp3) is 0.286. The number of carbonyl (C=O) groups is 2. The topological polar surface area (TPSA) is 79.8 Å². The number of hydrogen-bond acceptors (Lipinski definition) is 4. The van der Waals surface area contributed by atoms with Crippen LogP contribution in [-0.2, 0) is 9.59 Å². The molecular formula is C21H25N3O3. The molecule has 0 bridgehead atoms. The van der Waals surface area contributed by atoms with Crippen LogP contribution in [0, 0.1) is 6.92 Å². The van der Waals surface area contributed by atoms with Gasteiger partial charge in [-0.25, -0.2) is 5.43 Å². The van der Waals surface area contributed by atoms with E-state index in [2.05, 4.69) is 22.8 Å². The van der Waals surface area contributed by atoms with Gasteiger partial charge in [-0.05, 0) is 54.8 Å². The summed E-state index contributed by atoms with van der Waals surface area (Å²) in [5.74, 6) is -0.0556. The highest BCUT2D eigenvalue weighted by atomic mass is 16.5. The number of unbranched alkanes of at least 4 members (excludes halogenated alkanes) is 1. The Balaban J connectivity index is 1.76. The van der Waals surface area contributed by atoms with Crippen molar-refractivity contribution in [3.63, 3.8) is 0 Å². The number of hydrogen-bond donors (Lipinski definition) is 2. The number of ether oxygens (including phenoxy) is 1. The fourth-order valence-corrected chi connectivity index (χ4v) is 2.26. The zero-order valence-corrected chi connectivity index (χ0v) is 15.7. The Morgan fingerprint density at radius 2 is 1.81 bits per heavy atom. The predicted molar refractivity (Wildman–Crippen MR) is 107 cm³/mol. The summed E-state index contributed by atoms with van der Waals surface area (Å²) in [6, 6.07) is 14.8. The highest BCUT2D eigenvalue weighted by Crippen LogP contribution is 2.13. The van der Waals surface area contributed by atoms with Gasteiger partial charge in [0, 0.05) is 5.69 Å². The number of para-hydroxylation sites is 1. The molecular weight excluding hydrogens is 342 g/mol. The number of benzene rings is 2. The lowest BCUT2D eigenvalue weighted by atomic mass is 10.2. The first kappa shape index (κ1) is 20.2. The Bertz CT molecular complexity index is 786. The maximum absolute atomic E-state index is 11.9. The van der Waals surface area contributed by atoms with E-state index in [1.54, 1.807) is 6.07 Å². The van der Waals surface area contributed by atoms with E-state index in [9.17, 15) is 9.59 Å². The molecule has 2 amide bonds. The lowest BCUT2D eigenvalue weighted by Crippen LogP contribution is -2.24. The minimum absolute atomic E-state index is 0.296. The number of nitrogens with zero attached hydrogens (tertiary/aromatic N) is 1. The first-order valence-electron chi connectivity index (χ1n) is 8.98. The molecule has 0 fully saturated rings. The van der Waals surface area contributed by atoms with Crippen LogP contribution in [0.3, 0.4) is 0 Å². The smallest absolute Gasteiger partial charge is 0.249 e. The highest BCUT2D eigenvalue weighted by molar-refractivity contribution is 6.04. The van der Waals surface area contributed by atoms with Crippen LogP contribution in [-0.4, -0.2) is 24.6 Å². The molecule has 0 heterocycles. The number of rotatable bonds is 9. The van der Waals surface area contributed by atoms with E-state index in [1.165, 1.54) is 6.21 Å². The molecule has 6 nitrogen and oxygen atoms in total. The lowest BCUT2D eigenvalue weighted by molar-refractivity contribution is -0.126. The average molecular weight is 367 g/mol. The van der Waals surface area contributed by atoms with Gasteiger partial charge in [-0.15, -0.1) is 0 Å². The summed E-state index contributed by atoms with van der Waals surface area (Å²) < 4.78 is 5.59. The van der Waals surface area contributed by atoms with Crippen LogP contribution in [0.1, 0.15) is 37.3 Å². The summed E-state index contributed by atoms with van der Waals surface area (Å²) in [5, 5.41) is 6.59. The molecule has 6 heteroatoms. The second-order valence-electron chi connectivity index (χ2n) is 6.10. The van der Waals surface area contributed by atoms with E-state index in [1.807, 2.05) is 49.4 Å². The molecule has 27 heavy (non-hydrogen) atoms. The van der Waals surface area contributed by atoms with Gasteiger partial charge in [0.2, 0.25) is 11.8 Å². The van der Waals surface area contributed by atoms with Gasteiger partial charge in [-0.1, -0.05) is 31.5 Å². The molecule has 2 aromatic carbocycles. The number of aryl methyl sites for hydroxylation is 1. The number of anilines is 1. The monoisotopic (exact) mass is 367 g/mol.